The van der Waals surface area contributed by atoms with Crippen LogP contribution in [-0.4, -0.2) is 52.0 Å². The molecule has 1 aliphatic rings. The number of halogens is 1. The molecule has 1 fully saturated rings. The molecule has 5 nitrogen and oxygen atoms in total. The average Bonchev–Trinajstić information content (AvgIpc) is 2.90. The van der Waals surface area contributed by atoms with Crippen molar-refractivity contribution in [1.82, 2.24) is 19.8 Å². The second kappa shape index (κ2) is 11.6. The van der Waals surface area contributed by atoms with Crippen molar-refractivity contribution in [2.24, 2.45) is 0 Å². The van der Waals surface area contributed by atoms with E-state index in [1.54, 1.807) is 0 Å². The van der Waals surface area contributed by atoms with Gasteiger partial charge in [-0.3, -0.25) is 14.9 Å². The Hall–Kier alpha value is -2.99. The topological polar surface area (TPSA) is 44.3 Å². The van der Waals surface area contributed by atoms with E-state index in [0.29, 0.717) is 6.04 Å². The Morgan fingerprint density at radius 1 is 0.886 bits per heavy atom. The van der Waals surface area contributed by atoms with E-state index in [2.05, 4.69) is 67.5 Å². The number of hydrogen-bond acceptors (Lipinski definition) is 5. The Labute approximate surface area is 212 Å². The van der Waals surface area contributed by atoms with Gasteiger partial charge in [0.25, 0.3) is 0 Å². The second-order valence-corrected chi connectivity index (χ2v) is 9.70. The first-order valence-corrected chi connectivity index (χ1v) is 12.8. The lowest BCUT2D eigenvalue weighted by Crippen LogP contribution is -2.45. The van der Waals surface area contributed by atoms with Crippen LogP contribution in [0.15, 0.2) is 85.3 Å². The number of rotatable bonds is 9. The van der Waals surface area contributed by atoms with E-state index in [0.717, 1.165) is 60.9 Å². The molecular weight excluding hydrogens is 454 g/mol. The standard InChI is InChI=1S/C29H32ClN5/c30-25-6-7-27-28(10-15-32-29(27)20-25)33-16-19-34-17-11-26(12-18-34)35(21-23-4-2-1-3-5-23)22-24-8-13-31-14-9-24/h1-10,13-15,20,26H,11-12,16-19,21-22H2,(H,32,33). The Morgan fingerprint density at radius 2 is 1.63 bits per heavy atom. The number of aromatic nitrogens is 2. The maximum atomic E-state index is 6.13. The normalized spacial score (nSPS) is 15.0. The molecule has 0 unspecified atom stereocenters. The first-order chi connectivity index (χ1) is 17.2. The van der Waals surface area contributed by atoms with Crippen molar-refractivity contribution in [2.45, 2.75) is 32.0 Å². The molecule has 2 aromatic heterocycles. The molecule has 1 N–H and O–H groups in total. The molecule has 0 bridgehead atoms. The van der Waals surface area contributed by atoms with Gasteiger partial charge >= 0.3 is 0 Å². The fourth-order valence-electron chi connectivity index (χ4n) is 4.99. The first kappa shape index (κ1) is 23.7. The molecule has 5 rings (SSSR count). The van der Waals surface area contributed by atoms with Crippen LogP contribution in [0.25, 0.3) is 10.9 Å². The fraction of sp³-hybridized carbons (Fsp3) is 0.310. The summed E-state index contributed by atoms with van der Waals surface area (Å²) in [6, 6.07) is 23.6. The van der Waals surface area contributed by atoms with Crippen LogP contribution in [0.5, 0.6) is 0 Å². The van der Waals surface area contributed by atoms with Crippen molar-refractivity contribution in [3.05, 3.63) is 101 Å². The zero-order chi connectivity index (χ0) is 23.9. The minimum Gasteiger partial charge on any atom is -0.383 e. The minimum absolute atomic E-state index is 0.585. The van der Waals surface area contributed by atoms with Gasteiger partial charge in [0, 0.05) is 66.9 Å². The Balaban J connectivity index is 1.16. The van der Waals surface area contributed by atoms with Gasteiger partial charge in [-0.15, -0.1) is 0 Å². The highest BCUT2D eigenvalue weighted by Gasteiger charge is 2.24. The minimum atomic E-state index is 0.585. The van der Waals surface area contributed by atoms with Crippen LogP contribution in [0.3, 0.4) is 0 Å². The smallest absolute Gasteiger partial charge is 0.0737 e. The van der Waals surface area contributed by atoms with Crippen molar-refractivity contribution < 1.29 is 0 Å². The molecule has 0 amide bonds. The summed E-state index contributed by atoms with van der Waals surface area (Å²) in [6.45, 7) is 6.14. The van der Waals surface area contributed by atoms with E-state index < -0.39 is 0 Å². The molecule has 1 aliphatic heterocycles. The van der Waals surface area contributed by atoms with Gasteiger partial charge in [0.1, 0.15) is 0 Å². The van der Waals surface area contributed by atoms with Crippen LogP contribution in [0, 0.1) is 0 Å². The monoisotopic (exact) mass is 485 g/mol. The fourth-order valence-corrected chi connectivity index (χ4v) is 5.15. The summed E-state index contributed by atoms with van der Waals surface area (Å²) in [4.78, 5) is 13.9. The number of hydrogen-bond donors (Lipinski definition) is 1. The van der Waals surface area contributed by atoms with E-state index in [1.165, 1.54) is 24.0 Å². The molecular formula is C29H32ClN5. The number of piperidine rings is 1. The summed E-state index contributed by atoms with van der Waals surface area (Å²) in [6.07, 6.45) is 8.01. The third kappa shape index (κ3) is 6.37. The molecule has 2 aromatic carbocycles. The zero-order valence-electron chi connectivity index (χ0n) is 20.0. The summed E-state index contributed by atoms with van der Waals surface area (Å²) in [7, 11) is 0. The molecule has 0 spiro atoms. The number of nitrogens with zero attached hydrogens (tertiary/aromatic N) is 4. The Morgan fingerprint density at radius 3 is 2.40 bits per heavy atom. The van der Waals surface area contributed by atoms with E-state index in [-0.39, 0.29) is 0 Å². The van der Waals surface area contributed by atoms with Crippen molar-refractivity contribution in [2.75, 3.05) is 31.5 Å². The van der Waals surface area contributed by atoms with Crippen molar-refractivity contribution in [3.8, 4) is 0 Å². The van der Waals surface area contributed by atoms with E-state index in [9.17, 15) is 0 Å². The molecule has 0 radical (unpaired) electrons. The molecule has 3 heterocycles. The summed E-state index contributed by atoms with van der Waals surface area (Å²) in [5.41, 5.74) is 4.75. The number of likely N-dealkylation sites (tertiary alicyclic amines) is 1. The molecule has 4 aromatic rings. The zero-order valence-corrected chi connectivity index (χ0v) is 20.7. The molecule has 0 saturated carbocycles. The average molecular weight is 486 g/mol. The number of anilines is 1. The van der Waals surface area contributed by atoms with Gasteiger partial charge in [-0.05, 0) is 73.5 Å². The van der Waals surface area contributed by atoms with Crippen LogP contribution in [-0.2, 0) is 13.1 Å². The van der Waals surface area contributed by atoms with Crippen LogP contribution in [0.2, 0.25) is 5.02 Å². The lowest BCUT2D eigenvalue weighted by atomic mass is 10.0. The quantitative estimate of drug-likeness (QED) is 0.321. The molecule has 35 heavy (non-hydrogen) atoms. The maximum absolute atomic E-state index is 6.13. The third-order valence-electron chi connectivity index (χ3n) is 6.89. The molecule has 180 valence electrons. The van der Waals surface area contributed by atoms with Crippen molar-refractivity contribution >= 4 is 28.2 Å². The Kier molecular flexibility index (Phi) is 7.89. The van der Waals surface area contributed by atoms with Gasteiger partial charge in [0.15, 0.2) is 0 Å². The summed E-state index contributed by atoms with van der Waals surface area (Å²) >= 11 is 6.13. The lowest BCUT2D eigenvalue weighted by Gasteiger charge is -2.39. The maximum Gasteiger partial charge on any atom is 0.0737 e. The van der Waals surface area contributed by atoms with E-state index in [4.69, 9.17) is 11.6 Å². The predicted molar refractivity (Wildman–Crippen MR) is 145 cm³/mol. The highest BCUT2D eigenvalue weighted by Crippen LogP contribution is 2.25. The summed E-state index contributed by atoms with van der Waals surface area (Å²) in [5, 5.41) is 5.44. The van der Waals surface area contributed by atoms with Gasteiger partial charge < -0.3 is 10.2 Å². The van der Waals surface area contributed by atoms with Gasteiger partial charge in [0.05, 0.1) is 5.52 Å². The van der Waals surface area contributed by atoms with Crippen LogP contribution in [0.4, 0.5) is 5.69 Å². The lowest BCUT2D eigenvalue weighted by molar-refractivity contribution is 0.0984. The summed E-state index contributed by atoms with van der Waals surface area (Å²) < 4.78 is 0. The highest BCUT2D eigenvalue weighted by molar-refractivity contribution is 6.31. The molecule has 0 aliphatic carbocycles. The van der Waals surface area contributed by atoms with Gasteiger partial charge in [-0.25, -0.2) is 0 Å². The second-order valence-electron chi connectivity index (χ2n) is 9.27. The number of fused-ring (bicyclic) bond motifs is 1. The van der Waals surface area contributed by atoms with Crippen molar-refractivity contribution in [1.29, 1.82) is 0 Å². The highest BCUT2D eigenvalue weighted by atomic mass is 35.5. The van der Waals surface area contributed by atoms with E-state index in [1.807, 2.05) is 42.9 Å². The van der Waals surface area contributed by atoms with E-state index >= 15 is 0 Å². The van der Waals surface area contributed by atoms with Gasteiger partial charge in [0.2, 0.25) is 0 Å². The summed E-state index contributed by atoms with van der Waals surface area (Å²) in [5.74, 6) is 0. The van der Waals surface area contributed by atoms with Crippen LogP contribution < -0.4 is 5.32 Å². The van der Waals surface area contributed by atoms with Crippen LogP contribution >= 0.6 is 11.6 Å². The predicted octanol–water partition coefficient (Wildman–Crippen LogP) is 5.86. The first-order valence-electron chi connectivity index (χ1n) is 12.4. The van der Waals surface area contributed by atoms with Crippen LogP contribution in [0.1, 0.15) is 24.0 Å². The van der Waals surface area contributed by atoms with Crippen molar-refractivity contribution in [3.63, 3.8) is 0 Å². The number of nitrogens with one attached hydrogen (secondary N) is 1. The van der Waals surface area contributed by atoms with Gasteiger partial charge in [-0.2, -0.15) is 0 Å². The molecule has 0 atom stereocenters. The SMILES string of the molecule is Clc1ccc2c(NCCN3CCC(N(Cc4ccccc4)Cc4ccncc4)CC3)ccnc2c1. The van der Waals surface area contributed by atoms with Gasteiger partial charge in [-0.1, -0.05) is 41.9 Å². The third-order valence-corrected chi connectivity index (χ3v) is 7.12. The molecule has 1 saturated heterocycles. The Bertz CT molecular complexity index is 1170. The number of pyridine rings is 2. The molecule has 6 heteroatoms. The number of benzene rings is 2. The largest absolute Gasteiger partial charge is 0.383 e.